The van der Waals surface area contributed by atoms with Gasteiger partial charge in [-0.25, -0.2) is 8.42 Å². The predicted octanol–water partition coefficient (Wildman–Crippen LogP) is 1.52. The average molecular weight is 299 g/mol. The predicted molar refractivity (Wildman–Crippen MR) is 82.7 cm³/mol. The SMILES string of the molecule is COCCNCC(CCS(C)(=O)=O)Cc1ccccc1. The van der Waals surface area contributed by atoms with Gasteiger partial charge in [0.2, 0.25) is 0 Å². The maximum atomic E-state index is 11.3. The molecule has 114 valence electrons. The Morgan fingerprint density at radius 2 is 1.95 bits per heavy atom. The van der Waals surface area contributed by atoms with Crippen molar-refractivity contribution in [3.05, 3.63) is 35.9 Å². The lowest BCUT2D eigenvalue weighted by molar-refractivity contribution is 0.197. The Kier molecular flexibility index (Phi) is 7.80. The molecule has 0 spiro atoms. The van der Waals surface area contributed by atoms with Crippen LogP contribution in [0.5, 0.6) is 0 Å². The van der Waals surface area contributed by atoms with Crippen molar-refractivity contribution < 1.29 is 13.2 Å². The Bertz CT molecular complexity index is 459. The molecule has 0 amide bonds. The van der Waals surface area contributed by atoms with Crippen LogP contribution in [-0.2, 0) is 21.0 Å². The van der Waals surface area contributed by atoms with Gasteiger partial charge in [0.05, 0.1) is 12.4 Å². The number of ether oxygens (including phenoxy) is 1. The fourth-order valence-electron chi connectivity index (χ4n) is 2.08. The number of rotatable bonds is 10. The van der Waals surface area contributed by atoms with Crippen LogP contribution in [0, 0.1) is 5.92 Å². The number of methoxy groups -OCH3 is 1. The van der Waals surface area contributed by atoms with Gasteiger partial charge in [0.1, 0.15) is 9.84 Å². The van der Waals surface area contributed by atoms with Crippen molar-refractivity contribution in [3.63, 3.8) is 0 Å². The number of hydrogen-bond acceptors (Lipinski definition) is 4. The van der Waals surface area contributed by atoms with E-state index in [4.69, 9.17) is 4.74 Å². The number of benzene rings is 1. The topological polar surface area (TPSA) is 55.4 Å². The van der Waals surface area contributed by atoms with Gasteiger partial charge in [-0.1, -0.05) is 30.3 Å². The number of nitrogens with one attached hydrogen (secondary N) is 1. The largest absolute Gasteiger partial charge is 0.383 e. The monoisotopic (exact) mass is 299 g/mol. The normalized spacial score (nSPS) is 13.3. The molecule has 1 unspecified atom stereocenters. The second kappa shape index (κ2) is 9.10. The summed E-state index contributed by atoms with van der Waals surface area (Å²) in [5, 5.41) is 3.32. The van der Waals surface area contributed by atoms with Crippen LogP contribution in [0.2, 0.25) is 0 Å². The highest BCUT2D eigenvalue weighted by atomic mass is 32.2. The van der Waals surface area contributed by atoms with Gasteiger partial charge in [0, 0.05) is 19.9 Å². The van der Waals surface area contributed by atoms with Crippen LogP contribution in [0.1, 0.15) is 12.0 Å². The van der Waals surface area contributed by atoms with Gasteiger partial charge in [-0.3, -0.25) is 0 Å². The van der Waals surface area contributed by atoms with Gasteiger partial charge >= 0.3 is 0 Å². The lowest BCUT2D eigenvalue weighted by atomic mass is 9.97. The Balaban J connectivity index is 2.49. The van der Waals surface area contributed by atoms with Crippen molar-refractivity contribution in [1.29, 1.82) is 0 Å². The van der Waals surface area contributed by atoms with Gasteiger partial charge in [0.25, 0.3) is 0 Å². The molecule has 0 aromatic heterocycles. The molecular formula is C15H25NO3S. The number of sulfone groups is 1. The van der Waals surface area contributed by atoms with Gasteiger partial charge in [-0.15, -0.1) is 0 Å². The Labute approximate surface area is 122 Å². The van der Waals surface area contributed by atoms with Crippen molar-refractivity contribution in [2.24, 2.45) is 5.92 Å². The maximum absolute atomic E-state index is 11.3. The van der Waals surface area contributed by atoms with E-state index in [-0.39, 0.29) is 5.75 Å². The first-order chi connectivity index (χ1) is 9.51. The van der Waals surface area contributed by atoms with E-state index in [1.165, 1.54) is 11.8 Å². The third-order valence-corrected chi connectivity index (χ3v) is 4.16. The van der Waals surface area contributed by atoms with E-state index in [9.17, 15) is 8.42 Å². The Morgan fingerprint density at radius 1 is 1.25 bits per heavy atom. The zero-order valence-corrected chi connectivity index (χ0v) is 13.2. The molecule has 0 aliphatic carbocycles. The summed E-state index contributed by atoms with van der Waals surface area (Å²) in [6.45, 7) is 2.28. The summed E-state index contributed by atoms with van der Waals surface area (Å²) >= 11 is 0. The minimum Gasteiger partial charge on any atom is -0.383 e. The quantitative estimate of drug-likeness (QED) is 0.666. The molecule has 1 rings (SSSR count). The van der Waals surface area contributed by atoms with Crippen LogP contribution in [0.15, 0.2) is 30.3 Å². The van der Waals surface area contributed by atoms with Crippen LogP contribution in [-0.4, -0.2) is 47.2 Å². The van der Waals surface area contributed by atoms with Gasteiger partial charge < -0.3 is 10.1 Å². The third kappa shape index (κ3) is 8.30. The summed E-state index contributed by atoms with van der Waals surface area (Å²) in [6.07, 6.45) is 2.88. The Morgan fingerprint density at radius 3 is 2.55 bits per heavy atom. The highest BCUT2D eigenvalue weighted by Gasteiger charge is 2.13. The zero-order chi connectivity index (χ0) is 14.8. The Hall–Kier alpha value is -0.910. The van der Waals surface area contributed by atoms with Crippen molar-refractivity contribution in [3.8, 4) is 0 Å². The van der Waals surface area contributed by atoms with Crippen LogP contribution in [0.3, 0.4) is 0 Å². The first-order valence-corrected chi connectivity index (χ1v) is 8.98. The molecule has 0 saturated carbocycles. The molecule has 20 heavy (non-hydrogen) atoms. The number of hydrogen-bond donors (Lipinski definition) is 1. The second-order valence-electron chi connectivity index (χ2n) is 5.17. The molecule has 0 radical (unpaired) electrons. The first-order valence-electron chi connectivity index (χ1n) is 6.92. The summed E-state index contributed by atoms with van der Waals surface area (Å²) in [5.41, 5.74) is 1.25. The van der Waals surface area contributed by atoms with Crippen LogP contribution in [0.4, 0.5) is 0 Å². The molecule has 1 aromatic rings. The highest BCUT2D eigenvalue weighted by Crippen LogP contribution is 2.12. The van der Waals surface area contributed by atoms with E-state index in [0.29, 0.717) is 18.9 Å². The molecule has 4 nitrogen and oxygen atoms in total. The lowest BCUT2D eigenvalue weighted by Gasteiger charge is -2.17. The summed E-state index contributed by atoms with van der Waals surface area (Å²) in [5.74, 6) is 0.570. The molecule has 1 N–H and O–H groups in total. The van der Waals surface area contributed by atoms with Crippen LogP contribution >= 0.6 is 0 Å². The molecule has 0 bridgehead atoms. The van der Waals surface area contributed by atoms with E-state index < -0.39 is 9.84 Å². The van der Waals surface area contributed by atoms with Crippen LogP contribution in [0.25, 0.3) is 0 Å². The van der Waals surface area contributed by atoms with E-state index in [0.717, 1.165) is 19.5 Å². The summed E-state index contributed by atoms with van der Waals surface area (Å²) in [6, 6.07) is 10.2. The highest BCUT2D eigenvalue weighted by molar-refractivity contribution is 7.90. The molecule has 5 heteroatoms. The first kappa shape index (κ1) is 17.1. The van der Waals surface area contributed by atoms with Crippen molar-refractivity contribution >= 4 is 9.84 Å². The third-order valence-electron chi connectivity index (χ3n) is 3.18. The van der Waals surface area contributed by atoms with Gasteiger partial charge in [0.15, 0.2) is 0 Å². The van der Waals surface area contributed by atoms with E-state index >= 15 is 0 Å². The molecule has 0 heterocycles. The molecular weight excluding hydrogens is 274 g/mol. The van der Waals surface area contributed by atoms with E-state index in [1.54, 1.807) is 7.11 Å². The standard InChI is InChI=1S/C15H25NO3S/c1-19-10-9-16-13-15(8-11-20(2,17)18)12-14-6-4-3-5-7-14/h3-7,15-16H,8-13H2,1-2H3. The summed E-state index contributed by atoms with van der Waals surface area (Å²) in [4.78, 5) is 0. The second-order valence-corrected chi connectivity index (χ2v) is 7.43. The summed E-state index contributed by atoms with van der Waals surface area (Å²) < 4.78 is 27.6. The van der Waals surface area contributed by atoms with Gasteiger partial charge in [-0.2, -0.15) is 0 Å². The molecule has 0 aliphatic heterocycles. The fraction of sp³-hybridized carbons (Fsp3) is 0.600. The minimum atomic E-state index is -2.90. The van der Waals surface area contributed by atoms with Crippen molar-refractivity contribution in [2.75, 3.05) is 38.8 Å². The van der Waals surface area contributed by atoms with Crippen molar-refractivity contribution in [1.82, 2.24) is 5.32 Å². The smallest absolute Gasteiger partial charge is 0.147 e. The van der Waals surface area contributed by atoms with E-state index in [1.807, 2.05) is 18.2 Å². The van der Waals surface area contributed by atoms with Gasteiger partial charge in [-0.05, 0) is 30.9 Å². The van der Waals surface area contributed by atoms with Crippen LogP contribution < -0.4 is 5.32 Å². The average Bonchev–Trinajstić information content (AvgIpc) is 2.41. The maximum Gasteiger partial charge on any atom is 0.147 e. The molecule has 0 aliphatic rings. The molecule has 0 fully saturated rings. The van der Waals surface area contributed by atoms with E-state index in [2.05, 4.69) is 17.4 Å². The summed E-state index contributed by atoms with van der Waals surface area (Å²) in [7, 11) is -1.23. The zero-order valence-electron chi connectivity index (χ0n) is 12.3. The van der Waals surface area contributed by atoms with Crippen molar-refractivity contribution in [2.45, 2.75) is 12.8 Å². The lowest BCUT2D eigenvalue weighted by Crippen LogP contribution is -2.28. The minimum absolute atomic E-state index is 0.246. The molecule has 1 aromatic carbocycles. The molecule has 1 atom stereocenters. The fourth-order valence-corrected chi connectivity index (χ4v) is 2.85. The molecule has 0 saturated heterocycles.